The molecule has 5 rings (SSSR count). The second-order valence-electron chi connectivity index (χ2n) is 7.92. The fourth-order valence-corrected chi connectivity index (χ4v) is 4.40. The van der Waals surface area contributed by atoms with E-state index in [1.165, 1.54) is 0 Å². The monoisotopic (exact) mass is 484 g/mol. The van der Waals surface area contributed by atoms with Crippen LogP contribution in [-0.2, 0) is 28.9 Å². The van der Waals surface area contributed by atoms with Crippen LogP contribution in [0.2, 0.25) is 10.0 Å². The van der Waals surface area contributed by atoms with Gasteiger partial charge in [-0.1, -0.05) is 29.3 Å². The normalized spacial score (nSPS) is 20.3. The highest BCUT2D eigenvalue weighted by Gasteiger charge is 2.45. The van der Waals surface area contributed by atoms with Crippen LogP contribution in [0.4, 0.5) is 0 Å². The smallest absolute Gasteiger partial charge is 0.215 e. The lowest BCUT2D eigenvalue weighted by molar-refractivity contribution is -0.189. The summed E-state index contributed by atoms with van der Waals surface area (Å²) in [6, 6.07) is 13.1. The van der Waals surface area contributed by atoms with Gasteiger partial charge in [-0.25, -0.2) is 9.97 Å². The summed E-state index contributed by atoms with van der Waals surface area (Å²) in [4.78, 5) is 8.49. The van der Waals surface area contributed by atoms with E-state index in [1.54, 1.807) is 31.0 Å². The van der Waals surface area contributed by atoms with Crippen LogP contribution in [0.1, 0.15) is 5.56 Å². The van der Waals surface area contributed by atoms with E-state index < -0.39 is 5.79 Å². The number of hydrogen-bond acceptors (Lipinski definition) is 5. The van der Waals surface area contributed by atoms with Crippen LogP contribution in [0.25, 0.3) is 11.3 Å². The molecule has 0 radical (unpaired) electrons. The molecule has 1 saturated heterocycles. The second-order valence-corrected chi connectivity index (χ2v) is 8.77. The fourth-order valence-electron chi connectivity index (χ4n) is 3.85. The molecule has 170 valence electrons. The average molecular weight is 485 g/mol. The molecule has 1 fully saturated rings. The molecule has 0 bridgehead atoms. The van der Waals surface area contributed by atoms with Crippen molar-refractivity contribution in [3.05, 3.63) is 89.3 Å². The first-order chi connectivity index (χ1) is 16.0. The molecule has 2 aromatic carbocycles. The molecule has 9 heteroatoms. The molecule has 1 aliphatic heterocycles. The van der Waals surface area contributed by atoms with Gasteiger partial charge in [-0.2, -0.15) is 0 Å². The zero-order valence-electron chi connectivity index (χ0n) is 17.9. The topological polar surface area (TPSA) is 63.3 Å². The summed E-state index contributed by atoms with van der Waals surface area (Å²) in [6.07, 6.45) is 8.75. The van der Waals surface area contributed by atoms with Gasteiger partial charge in [-0.3, -0.25) is 0 Å². The minimum Gasteiger partial charge on any atom is -0.491 e. The van der Waals surface area contributed by atoms with Gasteiger partial charge in [0, 0.05) is 41.8 Å². The molecule has 33 heavy (non-hydrogen) atoms. The highest BCUT2D eigenvalue weighted by molar-refractivity contribution is 6.35. The molecular weight excluding hydrogens is 463 g/mol. The fraction of sp³-hybridized carbons (Fsp3) is 0.250. The van der Waals surface area contributed by atoms with Gasteiger partial charge < -0.3 is 23.3 Å². The van der Waals surface area contributed by atoms with Crippen LogP contribution in [0, 0.1) is 0 Å². The molecule has 0 spiro atoms. The van der Waals surface area contributed by atoms with Gasteiger partial charge in [0.15, 0.2) is 0 Å². The number of imidazole rings is 2. The molecule has 7 nitrogen and oxygen atoms in total. The van der Waals surface area contributed by atoms with E-state index >= 15 is 0 Å². The van der Waals surface area contributed by atoms with E-state index in [1.807, 2.05) is 58.9 Å². The molecule has 0 aliphatic carbocycles. The second kappa shape index (κ2) is 9.19. The third kappa shape index (κ3) is 4.77. The summed E-state index contributed by atoms with van der Waals surface area (Å²) < 4.78 is 22.4. The van der Waals surface area contributed by atoms with Crippen LogP contribution in [-0.4, -0.2) is 38.4 Å². The van der Waals surface area contributed by atoms with Gasteiger partial charge in [0.2, 0.25) is 5.79 Å². The number of nitrogens with zero attached hydrogens (tertiary/aromatic N) is 4. The lowest BCUT2D eigenvalue weighted by atomic mass is 10.1. The van der Waals surface area contributed by atoms with Crippen LogP contribution < -0.4 is 4.74 Å². The van der Waals surface area contributed by atoms with Crippen molar-refractivity contribution in [1.29, 1.82) is 0 Å². The lowest BCUT2D eigenvalue weighted by Crippen LogP contribution is -2.34. The molecular formula is C24H22Cl2N4O3. The third-order valence-electron chi connectivity index (χ3n) is 5.44. The summed E-state index contributed by atoms with van der Waals surface area (Å²) in [5.41, 5.74) is 2.66. The molecule has 0 amide bonds. The van der Waals surface area contributed by atoms with Crippen molar-refractivity contribution in [3.63, 3.8) is 0 Å². The number of benzene rings is 2. The highest BCUT2D eigenvalue weighted by Crippen LogP contribution is 2.40. The number of rotatable bonds is 7. The Labute approximate surface area is 201 Å². The Morgan fingerprint density at radius 3 is 2.70 bits per heavy atom. The van der Waals surface area contributed by atoms with Gasteiger partial charge in [-0.05, 0) is 36.4 Å². The summed E-state index contributed by atoms with van der Waals surface area (Å²) in [5.74, 6) is -0.325. The number of aryl methyl sites for hydroxylation is 1. The minimum atomic E-state index is -1.07. The quantitative estimate of drug-likeness (QED) is 0.371. The highest BCUT2D eigenvalue weighted by atomic mass is 35.5. The van der Waals surface area contributed by atoms with Crippen molar-refractivity contribution in [2.45, 2.75) is 18.4 Å². The molecule has 0 unspecified atom stereocenters. The first-order valence-corrected chi connectivity index (χ1v) is 11.2. The van der Waals surface area contributed by atoms with Crippen molar-refractivity contribution in [2.75, 3.05) is 13.2 Å². The number of aromatic nitrogens is 4. The molecule has 4 aromatic rings. The van der Waals surface area contributed by atoms with Crippen LogP contribution in [0.3, 0.4) is 0 Å². The Bertz CT molecular complexity index is 1230. The van der Waals surface area contributed by atoms with Gasteiger partial charge in [0.25, 0.3) is 0 Å². The Morgan fingerprint density at radius 2 is 2.00 bits per heavy atom. The zero-order chi connectivity index (χ0) is 22.8. The van der Waals surface area contributed by atoms with Crippen LogP contribution in [0.5, 0.6) is 5.75 Å². The van der Waals surface area contributed by atoms with E-state index in [9.17, 15) is 0 Å². The Morgan fingerprint density at radius 1 is 1.15 bits per heavy atom. The van der Waals surface area contributed by atoms with Gasteiger partial charge in [-0.15, -0.1) is 0 Å². The standard InChI is InChI=1S/C24H22Cl2N4O3/c1-29-11-23(28-16-29)17-2-5-19(6-3-17)31-12-20-13-32-24(33-20,14-30-9-8-27-15-30)21-7-4-18(25)10-22(21)26/h2-11,15-16,20H,12-14H2,1H3/t20-,24-/m1/s1. The predicted molar refractivity (Wildman–Crippen MR) is 125 cm³/mol. The van der Waals surface area contributed by atoms with Gasteiger partial charge in [0.1, 0.15) is 18.5 Å². The van der Waals surface area contributed by atoms with E-state index in [0.29, 0.717) is 35.4 Å². The first kappa shape index (κ1) is 22.0. The van der Waals surface area contributed by atoms with Crippen LogP contribution >= 0.6 is 23.2 Å². The van der Waals surface area contributed by atoms with Crippen molar-refractivity contribution < 1.29 is 14.2 Å². The van der Waals surface area contributed by atoms with E-state index in [-0.39, 0.29) is 6.10 Å². The third-order valence-corrected chi connectivity index (χ3v) is 5.99. The Balaban J connectivity index is 1.29. The Hall–Kier alpha value is -2.84. The van der Waals surface area contributed by atoms with Crippen molar-refractivity contribution in [3.8, 4) is 17.0 Å². The van der Waals surface area contributed by atoms with E-state index in [2.05, 4.69) is 9.97 Å². The molecule has 2 aromatic heterocycles. The molecule has 1 aliphatic rings. The lowest BCUT2D eigenvalue weighted by Gasteiger charge is -2.30. The molecule has 0 N–H and O–H groups in total. The molecule has 3 heterocycles. The zero-order valence-corrected chi connectivity index (χ0v) is 19.4. The van der Waals surface area contributed by atoms with E-state index in [4.69, 9.17) is 37.4 Å². The number of hydrogen-bond donors (Lipinski definition) is 0. The van der Waals surface area contributed by atoms with E-state index in [0.717, 1.165) is 17.0 Å². The summed E-state index contributed by atoms with van der Waals surface area (Å²) in [6.45, 7) is 1.09. The van der Waals surface area contributed by atoms with Crippen molar-refractivity contribution in [1.82, 2.24) is 19.1 Å². The molecule has 0 saturated carbocycles. The minimum absolute atomic E-state index is 0.282. The van der Waals surface area contributed by atoms with Crippen molar-refractivity contribution in [2.24, 2.45) is 7.05 Å². The summed E-state index contributed by atoms with van der Waals surface area (Å²) in [5, 5.41) is 1.03. The Kier molecular flexibility index (Phi) is 6.12. The summed E-state index contributed by atoms with van der Waals surface area (Å²) >= 11 is 12.6. The van der Waals surface area contributed by atoms with Crippen LogP contribution in [0.15, 0.2) is 73.7 Å². The number of halogens is 2. The van der Waals surface area contributed by atoms with Crippen molar-refractivity contribution >= 4 is 23.2 Å². The predicted octanol–water partition coefficient (Wildman–Crippen LogP) is 4.94. The van der Waals surface area contributed by atoms with Gasteiger partial charge in [0.05, 0.1) is 36.5 Å². The SMILES string of the molecule is Cn1cnc(-c2ccc(OC[C@@H]3CO[C@@](Cn4ccnc4)(c4ccc(Cl)cc4Cl)O3)cc2)c1. The maximum Gasteiger partial charge on any atom is 0.215 e. The average Bonchev–Trinajstić information content (AvgIpc) is 3.55. The first-order valence-electron chi connectivity index (χ1n) is 10.4. The maximum atomic E-state index is 6.52. The maximum absolute atomic E-state index is 6.52. The molecule has 2 atom stereocenters. The number of ether oxygens (including phenoxy) is 3. The largest absolute Gasteiger partial charge is 0.491 e. The van der Waals surface area contributed by atoms with Gasteiger partial charge >= 0.3 is 0 Å². The summed E-state index contributed by atoms with van der Waals surface area (Å²) in [7, 11) is 1.95.